The van der Waals surface area contributed by atoms with E-state index in [4.69, 9.17) is 0 Å². The monoisotopic (exact) mass is 273 g/mol. The van der Waals surface area contributed by atoms with Crippen LogP contribution in [0.2, 0.25) is 0 Å². The Balaban J connectivity index is 1.93. The average Bonchev–Trinajstić information content (AvgIpc) is 2.58. The van der Waals surface area contributed by atoms with Crippen LogP contribution in [0.5, 0.6) is 0 Å². The molecule has 1 N–H and O–H groups in total. The second-order valence-electron chi connectivity index (χ2n) is 7.85. The highest BCUT2D eigenvalue weighted by Crippen LogP contribution is 2.51. The van der Waals surface area contributed by atoms with E-state index < -0.39 is 5.60 Å². The molecule has 1 aromatic rings. The van der Waals surface area contributed by atoms with Gasteiger partial charge in [-0.1, -0.05) is 45.0 Å². The maximum atomic E-state index is 11.3. The Morgan fingerprint density at radius 3 is 2.00 bits per heavy atom. The minimum Gasteiger partial charge on any atom is -0.384 e. The number of fused-ring (bicyclic) bond motifs is 2. The third-order valence-electron chi connectivity index (χ3n) is 5.39. The van der Waals surface area contributed by atoms with Crippen molar-refractivity contribution >= 4 is 0 Å². The van der Waals surface area contributed by atoms with Crippen molar-refractivity contribution in [2.24, 2.45) is 11.8 Å². The van der Waals surface area contributed by atoms with Crippen LogP contribution in [0.3, 0.4) is 0 Å². The largest absolute Gasteiger partial charge is 0.384 e. The number of piperidine rings is 1. The molecule has 0 spiro atoms. The van der Waals surface area contributed by atoms with E-state index in [1.807, 2.05) is 0 Å². The summed E-state index contributed by atoms with van der Waals surface area (Å²) < 4.78 is 0. The Labute approximate surface area is 122 Å². The molecule has 2 nitrogen and oxygen atoms in total. The highest BCUT2D eigenvalue weighted by Gasteiger charge is 2.53. The van der Waals surface area contributed by atoms with Crippen molar-refractivity contribution in [2.45, 2.75) is 44.6 Å². The normalized spacial score (nSPS) is 34.5. The molecule has 2 bridgehead atoms. The van der Waals surface area contributed by atoms with E-state index in [1.165, 1.54) is 5.56 Å². The standard InChI is InChI=1S/C18H27NO/c1-17(2,3)13-5-7-14(8-6-13)18(20)15-9-10-16(18)12-19(4)11-15/h5-8,15-16,20H,9-12H2,1-4H3/t15-,16+,18?. The van der Waals surface area contributed by atoms with Crippen molar-refractivity contribution in [3.8, 4) is 0 Å². The third kappa shape index (κ3) is 2.10. The molecule has 1 heterocycles. The molecule has 0 aromatic heterocycles. The summed E-state index contributed by atoms with van der Waals surface area (Å²) in [5, 5.41) is 11.3. The van der Waals surface area contributed by atoms with Crippen molar-refractivity contribution in [1.29, 1.82) is 0 Å². The molecule has 3 rings (SSSR count). The number of benzene rings is 1. The summed E-state index contributed by atoms with van der Waals surface area (Å²) in [5.41, 5.74) is 2.05. The lowest BCUT2D eigenvalue weighted by molar-refractivity contribution is -0.0847. The molecule has 2 fully saturated rings. The van der Waals surface area contributed by atoms with Crippen LogP contribution in [0.25, 0.3) is 0 Å². The van der Waals surface area contributed by atoms with Gasteiger partial charge < -0.3 is 10.0 Å². The molecule has 1 aromatic carbocycles. The van der Waals surface area contributed by atoms with E-state index in [1.54, 1.807) is 0 Å². The lowest BCUT2D eigenvalue weighted by atomic mass is 9.74. The molecule has 0 amide bonds. The zero-order valence-corrected chi connectivity index (χ0v) is 13.2. The van der Waals surface area contributed by atoms with Gasteiger partial charge in [0.25, 0.3) is 0 Å². The van der Waals surface area contributed by atoms with Crippen LogP contribution in [0, 0.1) is 11.8 Å². The third-order valence-corrected chi connectivity index (χ3v) is 5.39. The van der Waals surface area contributed by atoms with Gasteiger partial charge in [0.15, 0.2) is 0 Å². The van der Waals surface area contributed by atoms with E-state index in [0.717, 1.165) is 31.5 Å². The first-order valence-corrected chi connectivity index (χ1v) is 7.83. The molecule has 2 aliphatic rings. The summed E-state index contributed by atoms with van der Waals surface area (Å²) in [7, 11) is 2.17. The fourth-order valence-electron chi connectivity index (χ4n) is 4.17. The second-order valence-corrected chi connectivity index (χ2v) is 7.85. The van der Waals surface area contributed by atoms with Crippen molar-refractivity contribution in [3.63, 3.8) is 0 Å². The van der Waals surface area contributed by atoms with Gasteiger partial charge in [-0.3, -0.25) is 0 Å². The number of likely N-dealkylation sites (tertiary alicyclic amines) is 1. The summed E-state index contributed by atoms with van der Waals surface area (Å²) in [6.45, 7) is 8.74. The van der Waals surface area contributed by atoms with Crippen LogP contribution in [-0.2, 0) is 11.0 Å². The molecule has 1 aliphatic carbocycles. The summed E-state index contributed by atoms with van der Waals surface area (Å²) in [5.74, 6) is 0.790. The predicted octanol–water partition coefficient (Wildman–Crippen LogP) is 3.14. The predicted molar refractivity (Wildman–Crippen MR) is 82.7 cm³/mol. The number of hydrogen-bond acceptors (Lipinski definition) is 2. The quantitative estimate of drug-likeness (QED) is 0.849. The van der Waals surface area contributed by atoms with Gasteiger partial charge in [0.05, 0.1) is 5.60 Å². The van der Waals surface area contributed by atoms with Gasteiger partial charge in [-0.2, -0.15) is 0 Å². The SMILES string of the molecule is CN1C[C@H]2CC[C@@H](C1)C2(O)c1ccc(C(C)(C)C)cc1. The lowest BCUT2D eigenvalue weighted by Gasteiger charge is -2.43. The molecule has 110 valence electrons. The summed E-state index contributed by atoms with van der Waals surface area (Å²) >= 11 is 0. The van der Waals surface area contributed by atoms with Crippen LogP contribution >= 0.6 is 0 Å². The Morgan fingerprint density at radius 2 is 1.55 bits per heavy atom. The molecule has 1 saturated carbocycles. The topological polar surface area (TPSA) is 23.5 Å². The Hall–Kier alpha value is -0.860. The van der Waals surface area contributed by atoms with Crippen molar-refractivity contribution in [1.82, 2.24) is 4.90 Å². The first-order chi connectivity index (χ1) is 9.31. The minimum absolute atomic E-state index is 0.174. The van der Waals surface area contributed by atoms with E-state index in [2.05, 4.69) is 57.0 Å². The Kier molecular flexibility index (Phi) is 3.22. The highest BCUT2D eigenvalue weighted by molar-refractivity contribution is 5.33. The van der Waals surface area contributed by atoms with Crippen LogP contribution < -0.4 is 0 Å². The van der Waals surface area contributed by atoms with E-state index in [9.17, 15) is 5.11 Å². The molecule has 20 heavy (non-hydrogen) atoms. The summed E-state index contributed by atoms with van der Waals surface area (Å²) in [6, 6.07) is 8.73. The first-order valence-electron chi connectivity index (χ1n) is 7.83. The average molecular weight is 273 g/mol. The smallest absolute Gasteiger partial charge is 0.0976 e. The number of nitrogens with zero attached hydrogens (tertiary/aromatic N) is 1. The van der Waals surface area contributed by atoms with Crippen LogP contribution in [0.1, 0.15) is 44.7 Å². The van der Waals surface area contributed by atoms with Gasteiger partial charge in [-0.15, -0.1) is 0 Å². The summed E-state index contributed by atoms with van der Waals surface area (Å²) in [6.07, 6.45) is 2.32. The fourth-order valence-corrected chi connectivity index (χ4v) is 4.17. The van der Waals surface area contributed by atoms with Crippen molar-refractivity contribution < 1.29 is 5.11 Å². The zero-order valence-electron chi connectivity index (χ0n) is 13.2. The Bertz CT molecular complexity index is 471. The molecular weight excluding hydrogens is 246 g/mol. The van der Waals surface area contributed by atoms with Crippen LogP contribution in [0.4, 0.5) is 0 Å². The van der Waals surface area contributed by atoms with Gasteiger partial charge in [0.2, 0.25) is 0 Å². The van der Waals surface area contributed by atoms with Crippen molar-refractivity contribution in [3.05, 3.63) is 35.4 Å². The van der Waals surface area contributed by atoms with E-state index >= 15 is 0 Å². The van der Waals surface area contributed by atoms with Crippen molar-refractivity contribution in [2.75, 3.05) is 20.1 Å². The van der Waals surface area contributed by atoms with Gasteiger partial charge >= 0.3 is 0 Å². The second kappa shape index (κ2) is 4.57. The number of hydrogen-bond donors (Lipinski definition) is 1. The number of aliphatic hydroxyl groups is 1. The van der Waals surface area contributed by atoms with Gasteiger partial charge in [-0.25, -0.2) is 0 Å². The van der Waals surface area contributed by atoms with E-state index in [-0.39, 0.29) is 5.41 Å². The van der Waals surface area contributed by atoms with Gasteiger partial charge in [0, 0.05) is 24.9 Å². The van der Waals surface area contributed by atoms with Gasteiger partial charge in [0.1, 0.15) is 0 Å². The lowest BCUT2D eigenvalue weighted by Crippen LogP contribution is -2.50. The number of rotatable bonds is 1. The molecule has 1 saturated heterocycles. The molecule has 0 radical (unpaired) electrons. The van der Waals surface area contributed by atoms with Gasteiger partial charge in [-0.05, 0) is 36.4 Å². The van der Waals surface area contributed by atoms with Crippen LogP contribution in [0.15, 0.2) is 24.3 Å². The molecular formula is C18H27NO. The molecule has 2 heteroatoms. The maximum Gasteiger partial charge on any atom is 0.0976 e. The summed E-state index contributed by atoms with van der Waals surface area (Å²) in [4.78, 5) is 2.38. The minimum atomic E-state index is -0.594. The van der Waals surface area contributed by atoms with E-state index in [0.29, 0.717) is 11.8 Å². The molecule has 3 atom stereocenters. The molecule has 1 unspecified atom stereocenters. The first kappa shape index (κ1) is 14.1. The van der Waals surface area contributed by atoms with Crippen LogP contribution in [-0.4, -0.2) is 30.1 Å². The Morgan fingerprint density at radius 1 is 1.05 bits per heavy atom. The zero-order chi connectivity index (χ0) is 14.5. The highest BCUT2D eigenvalue weighted by atomic mass is 16.3. The fraction of sp³-hybridized carbons (Fsp3) is 0.667. The maximum absolute atomic E-state index is 11.3. The molecule has 1 aliphatic heterocycles.